The highest BCUT2D eigenvalue weighted by atomic mass is 19.4. The molecule has 134 valence electrons. The van der Waals surface area contributed by atoms with E-state index in [0.717, 1.165) is 12.1 Å². The van der Waals surface area contributed by atoms with Gasteiger partial charge in [-0.05, 0) is 42.0 Å². The fourth-order valence-electron chi connectivity index (χ4n) is 2.21. The molecule has 0 bridgehead atoms. The van der Waals surface area contributed by atoms with E-state index in [1.165, 1.54) is 25.3 Å². The van der Waals surface area contributed by atoms with E-state index in [0.29, 0.717) is 16.9 Å². The van der Waals surface area contributed by atoms with E-state index >= 15 is 0 Å². The van der Waals surface area contributed by atoms with Crippen molar-refractivity contribution in [1.82, 2.24) is 0 Å². The summed E-state index contributed by atoms with van der Waals surface area (Å²) in [4.78, 5) is 16.1. The summed E-state index contributed by atoms with van der Waals surface area (Å²) in [6.45, 7) is 0. The number of esters is 1. The second-order valence-corrected chi connectivity index (χ2v) is 5.18. The number of benzene rings is 2. The summed E-state index contributed by atoms with van der Waals surface area (Å²) < 4.78 is 50.5. The number of ether oxygens (including phenoxy) is 3. The van der Waals surface area contributed by atoms with Gasteiger partial charge in [0.2, 0.25) is 5.90 Å². The van der Waals surface area contributed by atoms with Gasteiger partial charge in [0.05, 0.1) is 7.11 Å². The highest BCUT2D eigenvalue weighted by Crippen LogP contribution is 2.25. The van der Waals surface area contributed by atoms with E-state index < -0.39 is 12.3 Å². The van der Waals surface area contributed by atoms with E-state index in [1.807, 2.05) is 0 Å². The van der Waals surface area contributed by atoms with Gasteiger partial charge in [0.25, 0.3) is 0 Å². The number of aliphatic imine (C=N–C) groups is 1. The number of rotatable bonds is 4. The smallest absolute Gasteiger partial charge is 0.497 e. The van der Waals surface area contributed by atoms with Crippen LogP contribution in [0.1, 0.15) is 11.1 Å². The van der Waals surface area contributed by atoms with E-state index in [4.69, 9.17) is 9.47 Å². The van der Waals surface area contributed by atoms with Crippen LogP contribution in [0.25, 0.3) is 6.08 Å². The van der Waals surface area contributed by atoms with Crippen LogP contribution in [0, 0.1) is 0 Å². The first-order chi connectivity index (χ1) is 12.3. The molecule has 0 aliphatic carbocycles. The van der Waals surface area contributed by atoms with Crippen LogP contribution in [0.5, 0.6) is 11.5 Å². The standard InChI is InChI=1S/C18H12F3NO4/c1-24-14-4-2-3-12(10-14)16-22-15(17(23)25-16)9-11-5-7-13(8-6-11)26-18(19,20)21/h2-10H,1H3/b15-9-. The molecule has 0 N–H and O–H groups in total. The van der Waals surface area contributed by atoms with Gasteiger partial charge in [-0.25, -0.2) is 9.79 Å². The Morgan fingerprint density at radius 2 is 1.81 bits per heavy atom. The zero-order valence-corrected chi connectivity index (χ0v) is 13.4. The van der Waals surface area contributed by atoms with Crippen LogP contribution in [-0.2, 0) is 9.53 Å². The number of cyclic esters (lactones) is 1. The lowest BCUT2D eigenvalue weighted by Gasteiger charge is -2.08. The third kappa shape index (κ3) is 4.21. The summed E-state index contributed by atoms with van der Waals surface area (Å²) in [5.74, 6) is -0.302. The predicted octanol–water partition coefficient (Wildman–Crippen LogP) is 3.94. The quantitative estimate of drug-likeness (QED) is 0.610. The molecule has 26 heavy (non-hydrogen) atoms. The van der Waals surface area contributed by atoms with Gasteiger partial charge >= 0.3 is 12.3 Å². The summed E-state index contributed by atoms with van der Waals surface area (Å²) in [5.41, 5.74) is 1.07. The third-order valence-corrected chi connectivity index (χ3v) is 3.35. The van der Waals surface area contributed by atoms with Crippen molar-refractivity contribution in [3.05, 3.63) is 65.4 Å². The third-order valence-electron chi connectivity index (χ3n) is 3.35. The van der Waals surface area contributed by atoms with Gasteiger partial charge in [0, 0.05) is 5.56 Å². The summed E-state index contributed by atoms with van der Waals surface area (Å²) in [6, 6.07) is 11.9. The fourth-order valence-corrected chi connectivity index (χ4v) is 2.21. The zero-order valence-electron chi connectivity index (χ0n) is 13.4. The monoisotopic (exact) mass is 363 g/mol. The fraction of sp³-hybridized carbons (Fsp3) is 0.111. The van der Waals surface area contributed by atoms with Gasteiger partial charge < -0.3 is 14.2 Å². The SMILES string of the molecule is COc1cccc(C2=N/C(=C\c3ccc(OC(F)(F)F)cc3)C(=O)O2)c1. The summed E-state index contributed by atoms with van der Waals surface area (Å²) >= 11 is 0. The van der Waals surface area contributed by atoms with Gasteiger partial charge in [-0.3, -0.25) is 0 Å². The van der Waals surface area contributed by atoms with Crippen molar-refractivity contribution in [2.45, 2.75) is 6.36 Å². The number of methoxy groups -OCH3 is 1. The maximum Gasteiger partial charge on any atom is 0.573 e. The number of hydrogen-bond acceptors (Lipinski definition) is 5. The second-order valence-electron chi connectivity index (χ2n) is 5.18. The highest BCUT2D eigenvalue weighted by Gasteiger charge is 2.31. The van der Waals surface area contributed by atoms with Crippen molar-refractivity contribution in [3.8, 4) is 11.5 Å². The van der Waals surface area contributed by atoms with E-state index in [9.17, 15) is 18.0 Å². The highest BCUT2D eigenvalue weighted by molar-refractivity contribution is 6.12. The number of nitrogens with zero attached hydrogens (tertiary/aromatic N) is 1. The Bertz CT molecular complexity index is 886. The molecule has 1 aliphatic rings. The Hall–Kier alpha value is -3.29. The molecule has 0 fully saturated rings. The molecule has 0 amide bonds. The molecule has 1 aliphatic heterocycles. The van der Waals surface area contributed by atoms with Crippen molar-refractivity contribution < 1.29 is 32.2 Å². The van der Waals surface area contributed by atoms with Gasteiger partial charge in [0.15, 0.2) is 5.70 Å². The molecular weight excluding hydrogens is 351 g/mol. The van der Waals surface area contributed by atoms with Crippen LogP contribution < -0.4 is 9.47 Å². The molecule has 0 saturated carbocycles. The molecule has 5 nitrogen and oxygen atoms in total. The first-order valence-corrected chi connectivity index (χ1v) is 7.37. The lowest BCUT2D eigenvalue weighted by molar-refractivity contribution is -0.274. The first-order valence-electron chi connectivity index (χ1n) is 7.37. The second kappa shape index (κ2) is 6.91. The van der Waals surface area contributed by atoms with Gasteiger partial charge in [0.1, 0.15) is 11.5 Å². The molecule has 0 aromatic heterocycles. The maximum atomic E-state index is 12.2. The van der Waals surface area contributed by atoms with Crippen LogP contribution in [0.3, 0.4) is 0 Å². The zero-order chi connectivity index (χ0) is 18.7. The minimum absolute atomic E-state index is 0.0345. The van der Waals surface area contributed by atoms with E-state index in [1.54, 1.807) is 24.3 Å². The number of alkyl halides is 3. The van der Waals surface area contributed by atoms with Crippen LogP contribution in [0.4, 0.5) is 13.2 Å². The molecule has 2 aromatic carbocycles. The Morgan fingerprint density at radius 3 is 2.46 bits per heavy atom. The van der Waals surface area contributed by atoms with Crippen molar-refractivity contribution in [2.75, 3.05) is 7.11 Å². The van der Waals surface area contributed by atoms with E-state index in [-0.39, 0.29) is 17.3 Å². The Labute approximate surface area is 146 Å². The predicted molar refractivity (Wildman–Crippen MR) is 86.7 cm³/mol. The number of carbonyl (C=O) groups is 1. The average Bonchev–Trinajstić information content (AvgIpc) is 2.96. The van der Waals surface area contributed by atoms with Crippen LogP contribution in [0.2, 0.25) is 0 Å². The largest absolute Gasteiger partial charge is 0.573 e. The Kier molecular flexibility index (Phi) is 4.66. The van der Waals surface area contributed by atoms with Gasteiger partial charge in [-0.15, -0.1) is 13.2 Å². The normalized spacial score (nSPS) is 15.6. The lowest BCUT2D eigenvalue weighted by atomic mass is 10.2. The van der Waals surface area contributed by atoms with Crippen LogP contribution in [-0.4, -0.2) is 25.3 Å². The molecule has 3 rings (SSSR count). The first kappa shape index (κ1) is 17.5. The number of hydrogen-bond donors (Lipinski definition) is 0. The molecule has 0 radical (unpaired) electrons. The molecule has 8 heteroatoms. The molecular formula is C18H12F3NO4. The summed E-state index contributed by atoms with van der Waals surface area (Å²) in [7, 11) is 1.51. The van der Waals surface area contributed by atoms with Gasteiger partial charge in [-0.1, -0.05) is 18.2 Å². The van der Waals surface area contributed by atoms with Crippen molar-refractivity contribution in [2.24, 2.45) is 4.99 Å². The van der Waals surface area contributed by atoms with E-state index in [2.05, 4.69) is 9.73 Å². The van der Waals surface area contributed by atoms with Gasteiger partial charge in [-0.2, -0.15) is 0 Å². The molecule has 0 spiro atoms. The molecule has 0 saturated heterocycles. The molecule has 0 unspecified atom stereocenters. The Balaban J connectivity index is 1.82. The summed E-state index contributed by atoms with van der Waals surface area (Å²) in [6.07, 6.45) is -3.35. The van der Waals surface area contributed by atoms with Crippen LogP contribution in [0.15, 0.2) is 59.2 Å². The number of carbonyl (C=O) groups excluding carboxylic acids is 1. The van der Waals surface area contributed by atoms with Crippen molar-refractivity contribution >= 4 is 17.9 Å². The maximum absolute atomic E-state index is 12.2. The Morgan fingerprint density at radius 1 is 1.08 bits per heavy atom. The van der Waals surface area contributed by atoms with Crippen molar-refractivity contribution in [1.29, 1.82) is 0 Å². The topological polar surface area (TPSA) is 57.1 Å². The molecule has 1 heterocycles. The minimum Gasteiger partial charge on any atom is -0.497 e. The molecule has 0 atom stereocenters. The van der Waals surface area contributed by atoms with Crippen LogP contribution >= 0.6 is 0 Å². The lowest BCUT2D eigenvalue weighted by Crippen LogP contribution is -2.16. The average molecular weight is 363 g/mol. The summed E-state index contributed by atoms with van der Waals surface area (Å²) in [5, 5.41) is 0. The number of halogens is 3. The minimum atomic E-state index is -4.76. The van der Waals surface area contributed by atoms with Crippen molar-refractivity contribution in [3.63, 3.8) is 0 Å². The molecule has 2 aromatic rings.